The van der Waals surface area contributed by atoms with Crippen LogP contribution in [-0.4, -0.2) is 54.5 Å². The fraction of sp³-hybridized carbons (Fsp3) is 0.458. The SMILES string of the molecule is CN(C)C(=O)C(CCN1CCCCC1)(Cc1ccccc1O)c1ccccc1. The van der Waals surface area contributed by atoms with Gasteiger partial charge in [-0.05, 0) is 62.5 Å². The summed E-state index contributed by atoms with van der Waals surface area (Å²) in [5.74, 6) is 0.353. The molecule has 0 radical (unpaired) electrons. The fourth-order valence-corrected chi connectivity index (χ4v) is 4.34. The lowest BCUT2D eigenvalue weighted by Crippen LogP contribution is -2.48. The van der Waals surface area contributed by atoms with Crippen molar-refractivity contribution < 1.29 is 9.90 Å². The maximum atomic E-state index is 13.6. The molecule has 150 valence electrons. The van der Waals surface area contributed by atoms with E-state index in [1.807, 2.05) is 50.5 Å². The van der Waals surface area contributed by atoms with Gasteiger partial charge in [0, 0.05) is 14.1 Å². The van der Waals surface area contributed by atoms with Gasteiger partial charge in [-0.15, -0.1) is 0 Å². The lowest BCUT2D eigenvalue weighted by Gasteiger charge is -2.38. The smallest absolute Gasteiger partial charge is 0.233 e. The second-order valence-electron chi connectivity index (χ2n) is 8.11. The number of likely N-dealkylation sites (N-methyl/N-ethyl adjacent to an activating group) is 1. The van der Waals surface area contributed by atoms with Crippen LogP contribution in [0.2, 0.25) is 0 Å². The molecular weight excluding hydrogens is 348 g/mol. The van der Waals surface area contributed by atoms with Crippen LogP contribution < -0.4 is 0 Å². The van der Waals surface area contributed by atoms with Crippen molar-refractivity contribution in [2.75, 3.05) is 33.7 Å². The first-order valence-corrected chi connectivity index (χ1v) is 10.3. The molecule has 0 bridgehead atoms. The monoisotopic (exact) mass is 380 g/mol. The van der Waals surface area contributed by atoms with E-state index in [0.717, 1.165) is 37.2 Å². The number of hydrogen-bond donors (Lipinski definition) is 1. The topological polar surface area (TPSA) is 43.8 Å². The van der Waals surface area contributed by atoms with Gasteiger partial charge in [0.1, 0.15) is 5.75 Å². The average Bonchev–Trinajstić information content (AvgIpc) is 2.73. The molecule has 1 unspecified atom stereocenters. The standard InChI is InChI=1S/C24H32N2O2/c1-25(2)23(28)24(21-12-5-3-6-13-21,15-18-26-16-9-4-10-17-26)19-20-11-7-8-14-22(20)27/h3,5-8,11-14,27H,4,9-10,15-19H2,1-2H3. The highest BCUT2D eigenvalue weighted by molar-refractivity contribution is 5.88. The number of carbonyl (C=O) groups excluding carboxylic acids is 1. The molecule has 1 amide bonds. The summed E-state index contributed by atoms with van der Waals surface area (Å²) in [5, 5.41) is 10.4. The number of amides is 1. The third-order valence-electron chi connectivity index (χ3n) is 5.93. The second-order valence-corrected chi connectivity index (χ2v) is 8.11. The minimum atomic E-state index is -0.693. The van der Waals surface area contributed by atoms with Crippen LogP contribution in [0.1, 0.15) is 36.8 Å². The summed E-state index contributed by atoms with van der Waals surface area (Å²) in [7, 11) is 3.65. The molecular formula is C24H32N2O2. The molecule has 2 aromatic rings. The summed E-state index contributed by atoms with van der Waals surface area (Å²) in [5.41, 5.74) is 1.15. The maximum Gasteiger partial charge on any atom is 0.233 e. The van der Waals surface area contributed by atoms with Crippen LogP contribution in [0.4, 0.5) is 0 Å². The molecule has 4 heteroatoms. The molecule has 4 nitrogen and oxygen atoms in total. The van der Waals surface area contributed by atoms with Crippen LogP contribution in [0.3, 0.4) is 0 Å². The van der Waals surface area contributed by atoms with E-state index < -0.39 is 5.41 Å². The molecule has 0 aliphatic carbocycles. The predicted octanol–water partition coefficient (Wildman–Crippen LogP) is 3.84. The van der Waals surface area contributed by atoms with E-state index in [2.05, 4.69) is 17.0 Å². The molecule has 1 fully saturated rings. The summed E-state index contributed by atoms with van der Waals surface area (Å²) in [6.45, 7) is 3.11. The normalized spacial score (nSPS) is 17.1. The van der Waals surface area contributed by atoms with Gasteiger partial charge >= 0.3 is 0 Å². The molecule has 0 saturated carbocycles. The molecule has 0 spiro atoms. The lowest BCUT2D eigenvalue weighted by molar-refractivity contribution is -0.135. The van der Waals surface area contributed by atoms with Crippen molar-refractivity contribution in [3.8, 4) is 5.75 Å². The summed E-state index contributed by atoms with van der Waals surface area (Å²) < 4.78 is 0. The molecule has 2 aromatic carbocycles. The fourth-order valence-electron chi connectivity index (χ4n) is 4.34. The number of nitrogens with zero attached hydrogens (tertiary/aromatic N) is 2. The van der Waals surface area contributed by atoms with Crippen LogP contribution >= 0.6 is 0 Å². The first kappa shape index (κ1) is 20.4. The number of para-hydroxylation sites is 1. The van der Waals surface area contributed by atoms with Gasteiger partial charge in [0.05, 0.1) is 5.41 Å². The zero-order valence-corrected chi connectivity index (χ0v) is 17.1. The zero-order valence-electron chi connectivity index (χ0n) is 17.1. The number of phenolic OH excluding ortho intramolecular Hbond substituents is 1. The van der Waals surface area contributed by atoms with E-state index in [1.165, 1.54) is 19.3 Å². The molecule has 28 heavy (non-hydrogen) atoms. The number of rotatable bonds is 7. The minimum Gasteiger partial charge on any atom is -0.508 e. The Morgan fingerprint density at radius 1 is 1.00 bits per heavy atom. The van der Waals surface area contributed by atoms with Crippen molar-refractivity contribution in [3.05, 3.63) is 65.7 Å². The van der Waals surface area contributed by atoms with Gasteiger partial charge in [-0.3, -0.25) is 4.79 Å². The Morgan fingerprint density at radius 2 is 1.64 bits per heavy atom. The Bertz CT molecular complexity index is 769. The van der Waals surface area contributed by atoms with Crippen LogP contribution in [0, 0.1) is 0 Å². The lowest BCUT2D eigenvalue weighted by atomic mass is 9.71. The number of likely N-dealkylation sites (tertiary alicyclic amines) is 1. The maximum absolute atomic E-state index is 13.6. The summed E-state index contributed by atoms with van der Waals surface area (Å²) in [6.07, 6.45) is 5.00. The predicted molar refractivity (Wildman–Crippen MR) is 114 cm³/mol. The Kier molecular flexibility index (Phi) is 6.74. The largest absolute Gasteiger partial charge is 0.508 e. The summed E-state index contributed by atoms with van der Waals surface area (Å²) in [4.78, 5) is 17.8. The van der Waals surface area contributed by atoms with Crippen molar-refractivity contribution in [2.24, 2.45) is 0 Å². The van der Waals surface area contributed by atoms with Crippen LogP contribution in [0.15, 0.2) is 54.6 Å². The Morgan fingerprint density at radius 3 is 2.29 bits per heavy atom. The Hall–Kier alpha value is -2.33. The van der Waals surface area contributed by atoms with Gasteiger partial charge in [0.2, 0.25) is 5.91 Å². The van der Waals surface area contributed by atoms with E-state index >= 15 is 0 Å². The van der Waals surface area contributed by atoms with Crippen molar-refractivity contribution in [2.45, 2.75) is 37.5 Å². The van der Waals surface area contributed by atoms with Crippen molar-refractivity contribution >= 4 is 5.91 Å². The minimum absolute atomic E-state index is 0.0963. The molecule has 0 aromatic heterocycles. The summed E-state index contributed by atoms with van der Waals surface area (Å²) in [6, 6.07) is 17.5. The number of carbonyl (C=O) groups is 1. The van der Waals surface area contributed by atoms with E-state index in [9.17, 15) is 9.90 Å². The highest BCUT2D eigenvalue weighted by atomic mass is 16.3. The second kappa shape index (κ2) is 9.24. The van der Waals surface area contributed by atoms with E-state index in [-0.39, 0.29) is 11.7 Å². The number of phenols is 1. The molecule has 1 aliphatic heterocycles. The molecule has 1 aliphatic rings. The van der Waals surface area contributed by atoms with E-state index in [4.69, 9.17) is 0 Å². The average molecular weight is 381 g/mol. The van der Waals surface area contributed by atoms with Crippen molar-refractivity contribution in [3.63, 3.8) is 0 Å². The van der Waals surface area contributed by atoms with Crippen molar-refractivity contribution in [1.29, 1.82) is 0 Å². The number of benzene rings is 2. The van der Waals surface area contributed by atoms with Gasteiger partial charge in [-0.25, -0.2) is 0 Å². The van der Waals surface area contributed by atoms with Crippen LogP contribution in [0.25, 0.3) is 0 Å². The van der Waals surface area contributed by atoms with Gasteiger partial charge in [-0.1, -0.05) is 55.0 Å². The molecule has 1 heterocycles. The van der Waals surface area contributed by atoms with Crippen LogP contribution in [-0.2, 0) is 16.6 Å². The quantitative estimate of drug-likeness (QED) is 0.794. The van der Waals surface area contributed by atoms with Gasteiger partial charge < -0.3 is 14.9 Å². The summed E-state index contributed by atoms with van der Waals surface area (Å²) >= 11 is 0. The third kappa shape index (κ3) is 4.56. The van der Waals surface area contributed by atoms with Gasteiger partial charge in [0.25, 0.3) is 0 Å². The Balaban J connectivity index is 2.00. The number of aromatic hydroxyl groups is 1. The molecule has 1 atom stereocenters. The molecule has 3 rings (SSSR count). The number of hydrogen-bond acceptors (Lipinski definition) is 3. The number of piperidine rings is 1. The van der Waals surface area contributed by atoms with Crippen molar-refractivity contribution in [1.82, 2.24) is 9.80 Å². The molecule has 1 N–H and O–H groups in total. The Labute approximate surface area is 168 Å². The van der Waals surface area contributed by atoms with E-state index in [0.29, 0.717) is 6.42 Å². The highest BCUT2D eigenvalue weighted by Crippen LogP contribution is 2.36. The van der Waals surface area contributed by atoms with Gasteiger partial charge in [-0.2, -0.15) is 0 Å². The van der Waals surface area contributed by atoms with Crippen LogP contribution in [0.5, 0.6) is 5.75 Å². The van der Waals surface area contributed by atoms with Gasteiger partial charge in [0.15, 0.2) is 0 Å². The first-order chi connectivity index (χ1) is 13.5. The van der Waals surface area contributed by atoms with E-state index in [1.54, 1.807) is 11.0 Å². The highest BCUT2D eigenvalue weighted by Gasteiger charge is 2.42. The third-order valence-corrected chi connectivity index (χ3v) is 5.93. The molecule has 1 saturated heterocycles. The first-order valence-electron chi connectivity index (χ1n) is 10.3. The zero-order chi connectivity index (χ0) is 20.0.